The van der Waals surface area contributed by atoms with Crippen LogP contribution in [0.1, 0.15) is 18.6 Å². The highest BCUT2D eigenvalue weighted by molar-refractivity contribution is 5.70. The number of aliphatic hydroxyl groups is 1. The van der Waals surface area contributed by atoms with Crippen molar-refractivity contribution in [3.8, 4) is 11.5 Å². The molecule has 0 heterocycles. The number of benzene rings is 1. The summed E-state index contributed by atoms with van der Waals surface area (Å²) in [5.41, 5.74) is 0.341. The summed E-state index contributed by atoms with van der Waals surface area (Å²) in [6.45, 7) is 1.40. The molecule has 3 N–H and O–H groups in total. The average Bonchev–Trinajstić information content (AvgIpc) is 2.26. The summed E-state index contributed by atoms with van der Waals surface area (Å²) >= 11 is 0. The van der Waals surface area contributed by atoms with Crippen LogP contribution >= 0.6 is 0 Å². The van der Waals surface area contributed by atoms with E-state index in [9.17, 15) is 15.0 Å². The van der Waals surface area contributed by atoms with E-state index in [0.29, 0.717) is 5.56 Å². The maximum absolute atomic E-state index is 10.7. The Morgan fingerprint density at radius 3 is 2.50 bits per heavy atom. The number of ether oxygens (including phenoxy) is 1. The van der Waals surface area contributed by atoms with Gasteiger partial charge < -0.3 is 20.1 Å². The number of hydrogen-bond acceptors (Lipinski definition) is 4. The number of phenols is 1. The summed E-state index contributed by atoms with van der Waals surface area (Å²) in [6.07, 6.45) is -1.16. The summed E-state index contributed by atoms with van der Waals surface area (Å²) < 4.78 is 4.84. The van der Waals surface area contributed by atoms with Crippen molar-refractivity contribution in [2.75, 3.05) is 7.11 Å². The fourth-order valence-corrected chi connectivity index (χ4v) is 1.31. The van der Waals surface area contributed by atoms with Gasteiger partial charge in [0.1, 0.15) is 0 Å². The highest BCUT2D eigenvalue weighted by Gasteiger charge is 2.23. The molecule has 0 amide bonds. The van der Waals surface area contributed by atoms with Gasteiger partial charge in [-0.3, -0.25) is 4.79 Å². The van der Waals surface area contributed by atoms with E-state index in [0.717, 1.165) is 0 Å². The number of rotatable bonds is 4. The average molecular weight is 226 g/mol. The normalized spacial score (nSPS) is 14.2. The van der Waals surface area contributed by atoms with E-state index in [1.807, 2.05) is 0 Å². The molecule has 1 rings (SSSR count). The molecule has 0 aliphatic rings. The van der Waals surface area contributed by atoms with Crippen molar-refractivity contribution in [3.05, 3.63) is 23.8 Å². The first kappa shape index (κ1) is 12.3. The Labute approximate surface area is 92.9 Å². The van der Waals surface area contributed by atoms with E-state index in [-0.39, 0.29) is 11.5 Å². The van der Waals surface area contributed by atoms with Gasteiger partial charge in [-0.25, -0.2) is 0 Å². The number of hydrogen-bond donors (Lipinski definition) is 3. The third-order valence-electron chi connectivity index (χ3n) is 2.41. The highest BCUT2D eigenvalue weighted by atomic mass is 16.5. The summed E-state index contributed by atoms with van der Waals surface area (Å²) in [7, 11) is 1.41. The quantitative estimate of drug-likeness (QED) is 0.717. The molecule has 0 aliphatic carbocycles. The Morgan fingerprint density at radius 1 is 1.44 bits per heavy atom. The van der Waals surface area contributed by atoms with Crippen LogP contribution in [-0.2, 0) is 4.79 Å². The number of aliphatic carboxylic acids is 1. The minimum atomic E-state index is -1.16. The molecule has 88 valence electrons. The molecule has 2 atom stereocenters. The van der Waals surface area contributed by atoms with E-state index in [4.69, 9.17) is 9.84 Å². The third-order valence-corrected chi connectivity index (χ3v) is 2.41. The zero-order chi connectivity index (χ0) is 12.3. The van der Waals surface area contributed by atoms with E-state index >= 15 is 0 Å². The van der Waals surface area contributed by atoms with Crippen molar-refractivity contribution in [3.63, 3.8) is 0 Å². The molecule has 0 radical (unpaired) electrons. The lowest BCUT2D eigenvalue weighted by Gasteiger charge is -2.16. The van der Waals surface area contributed by atoms with Crippen molar-refractivity contribution in [2.24, 2.45) is 5.92 Å². The molecule has 0 saturated heterocycles. The van der Waals surface area contributed by atoms with Crippen LogP contribution in [0, 0.1) is 5.92 Å². The number of aliphatic hydroxyl groups excluding tert-OH is 1. The van der Waals surface area contributed by atoms with Crippen LogP contribution in [0.2, 0.25) is 0 Å². The molecular formula is C11H14O5. The van der Waals surface area contributed by atoms with Gasteiger partial charge in [0.05, 0.1) is 19.1 Å². The summed E-state index contributed by atoms with van der Waals surface area (Å²) in [6, 6.07) is 4.29. The molecule has 0 spiro atoms. The van der Waals surface area contributed by atoms with Crippen molar-refractivity contribution < 1.29 is 24.9 Å². The Morgan fingerprint density at radius 2 is 2.06 bits per heavy atom. The van der Waals surface area contributed by atoms with E-state index in [1.165, 1.54) is 32.2 Å². The summed E-state index contributed by atoms with van der Waals surface area (Å²) in [5.74, 6) is -1.88. The lowest BCUT2D eigenvalue weighted by molar-refractivity contribution is -0.145. The second-order valence-electron chi connectivity index (χ2n) is 3.50. The molecule has 5 nitrogen and oxygen atoms in total. The molecule has 5 heteroatoms. The molecule has 16 heavy (non-hydrogen) atoms. The van der Waals surface area contributed by atoms with Crippen LogP contribution < -0.4 is 4.74 Å². The van der Waals surface area contributed by atoms with Crippen molar-refractivity contribution in [1.82, 2.24) is 0 Å². The van der Waals surface area contributed by atoms with Gasteiger partial charge in [-0.2, -0.15) is 0 Å². The minimum Gasteiger partial charge on any atom is -0.504 e. The highest BCUT2D eigenvalue weighted by Crippen LogP contribution is 2.31. The standard InChI is InChI=1S/C11H14O5/c1-6(11(14)15)10(13)7-3-4-9(16-2)8(12)5-7/h3-6,10,12-13H,1-2H3,(H,14,15). The number of aromatic hydroxyl groups is 1. The lowest BCUT2D eigenvalue weighted by Crippen LogP contribution is -2.18. The molecule has 0 saturated carbocycles. The van der Waals surface area contributed by atoms with Crippen LogP contribution in [0.25, 0.3) is 0 Å². The third kappa shape index (κ3) is 2.43. The number of carboxylic acids is 1. The Hall–Kier alpha value is -1.75. The van der Waals surface area contributed by atoms with Crippen LogP contribution in [0.5, 0.6) is 11.5 Å². The Balaban J connectivity index is 2.97. The van der Waals surface area contributed by atoms with Crippen molar-refractivity contribution >= 4 is 5.97 Å². The van der Waals surface area contributed by atoms with Gasteiger partial charge in [0, 0.05) is 0 Å². The van der Waals surface area contributed by atoms with E-state index < -0.39 is 18.0 Å². The molecule has 0 fully saturated rings. The first-order chi connectivity index (χ1) is 7.47. The predicted octanol–water partition coefficient (Wildman–Crippen LogP) is 1.15. The van der Waals surface area contributed by atoms with Gasteiger partial charge in [0.2, 0.25) is 0 Å². The summed E-state index contributed by atoms with van der Waals surface area (Å²) in [5, 5.41) is 27.9. The fraction of sp³-hybridized carbons (Fsp3) is 0.364. The second-order valence-corrected chi connectivity index (χ2v) is 3.50. The first-order valence-electron chi connectivity index (χ1n) is 4.75. The molecular weight excluding hydrogens is 212 g/mol. The smallest absolute Gasteiger partial charge is 0.309 e. The van der Waals surface area contributed by atoms with Gasteiger partial charge in [-0.05, 0) is 24.6 Å². The molecule has 0 bridgehead atoms. The number of carboxylic acid groups (broad SMARTS) is 1. The molecule has 1 aromatic carbocycles. The van der Waals surface area contributed by atoms with E-state index in [1.54, 1.807) is 0 Å². The van der Waals surface area contributed by atoms with Crippen LogP contribution in [-0.4, -0.2) is 28.4 Å². The predicted molar refractivity (Wildman–Crippen MR) is 56.4 cm³/mol. The fourth-order valence-electron chi connectivity index (χ4n) is 1.31. The summed E-state index contributed by atoms with van der Waals surface area (Å²) in [4.78, 5) is 10.7. The number of carbonyl (C=O) groups is 1. The van der Waals surface area contributed by atoms with Crippen LogP contribution in [0.15, 0.2) is 18.2 Å². The SMILES string of the molecule is COc1ccc(C(O)C(C)C(=O)O)cc1O. The zero-order valence-electron chi connectivity index (χ0n) is 9.04. The number of phenolic OH excluding ortho intramolecular Hbond substituents is 1. The molecule has 0 aromatic heterocycles. The minimum absolute atomic E-state index is 0.128. The maximum Gasteiger partial charge on any atom is 0.309 e. The van der Waals surface area contributed by atoms with Crippen molar-refractivity contribution in [2.45, 2.75) is 13.0 Å². The van der Waals surface area contributed by atoms with Gasteiger partial charge in [0.15, 0.2) is 11.5 Å². The molecule has 1 aromatic rings. The van der Waals surface area contributed by atoms with Crippen LogP contribution in [0.4, 0.5) is 0 Å². The van der Waals surface area contributed by atoms with Gasteiger partial charge in [-0.15, -0.1) is 0 Å². The monoisotopic (exact) mass is 226 g/mol. The van der Waals surface area contributed by atoms with Gasteiger partial charge in [0.25, 0.3) is 0 Å². The maximum atomic E-state index is 10.7. The topological polar surface area (TPSA) is 87.0 Å². The van der Waals surface area contributed by atoms with Gasteiger partial charge >= 0.3 is 5.97 Å². The van der Waals surface area contributed by atoms with Gasteiger partial charge in [-0.1, -0.05) is 6.07 Å². The molecule has 0 aliphatic heterocycles. The van der Waals surface area contributed by atoms with Crippen LogP contribution in [0.3, 0.4) is 0 Å². The first-order valence-corrected chi connectivity index (χ1v) is 4.75. The van der Waals surface area contributed by atoms with Crippen molar-refractivity contribution in [1.29, 1.82) is 0 Å². The Kier molecular flexibility index (Phi) is 3.73. The second kappa shape index (κ2) is 4.85. The zero-order valence-corrected chi connectivity index (χ0v) is 9.04. The Bertz CT molecular complexity index is 388. The molecule has 2 unspecified atom stereocenters. The largest absolute Gasteiger partial charge is 0.504 e. The lowest BCUT2D eigenvalue weighted by atomic mass is 9.97. The number of methoxy groups -OCH3 is 1. The van der Waals surface area contributed by atoms with E-state index in [2.05, 4.69) is 0 Å².